The van der Waals surface area contributed by atoms with Crippen LogP contribution >= 0.6 is 12.2 Å². The highest BCUT2D eigenvalue weighted by Crippen LogP contribution is 2.31. The van der Waals surface area contributed by atoms with E-state index >= 15 is 0 Å². The minimum absolute atomic E-state index is 0.000672. The van der Waals surface area contributed by atoms with E-state index in [2.05, 4.69) is 10.00 Å². The van der Waals surface area contributed by atoms with E-state index in [1.807, 2.05) is 68.4 Å². The van der Waals surface area contributed by atoms with Crippen molar-refractivity contribution in [1.82, 2.24) is 14.1 Å². The molecule has 0 N–H and O–H groups in total. The average molecular weight is 529 g/mol. The molecule has 4 rings (SSSR count). The highest BCUT2D eigenvalue weighted by atomic mass is 32.2. The molecule has 8 nitrogen and oxygen atoms in total. The van der Waals surface area contributed by atoms with Crippen LogP contribution < -0.4 is 9.64 Å². The van der Waals surface area contributed by atoms with Gasteiger partial charge in [-0.25, -0.2) is 13.1 Å². The zero-order valence-electron chi connectivity index (χ0n) is 20.7. The van der Waals surface area contributed by atoms with Crippen molar-refractivity contribution in [2.24, 2.45) is 0 Å². The van der Waals surface area contributed by atoms with Crippen molar-refractivity contribution in [3.8, 4) is 11.4 Å². The number of aromatic nitrogens is 2. The quantitative estimate of drug-likeness (QED) is 0.291. The number of benzene rings is 2. The lowest BCUT2D eigenvalue weighted by atomic mass is 10.2. The molecule has 2 heterocycles. The second kappa shape index (κ2) is 12.0. The highest BCUT2D eigenvalue weighted by molar-refractivity contribution is 7.88. The Balaban J connectivity index is 1.54. The Labute approximate surface area is 218 Å². The van der Waals surface area contributed by atoms with Gasteiger partial charge < -0.3 is 14.4 Å². The van der Waals surface area contributed by atoms with Crippen LogP contribution in [0.4, 0.5) is 5.69 Å². The van der Waals surface area contributed by atoms with Crippen LogP contribution in [0.2, 0.25) is 0 Å². The summed E-state index contributed by atoms with van der Waals surface area (Å²) in [6.07, 6.45) is 1.75. The molecule has 0 bridgehead atoms. The lowest BCUT2D eigenvalue weighted by Crippen LogP contribution is -2.49. The Morgan fingerprint density at radius 1 is 1.00 bits per heavy atom. The number of piperazine rings is 1. The Morgan fingerprint density at radius 2 is 1.75 bits per heavy atom. The molecule has 1 fully saturated rings. The normalized spacial score (nSPS) is 14.7. The van der Waals surface area contributed by atoms with Gasteiger partial charge in [-0.3, -0.25) is 0 Å². The molecule has 0 radical (unpaired) electrons. The number of anilines is 1. The first-order chi connectivity index (χ1) is 17.4. The molecule has 0 spiro atoms. The third kappa shape index (κ3) is 6.31. The summed E-state index contributed by atoms with van der Waals surface area (Å²) in [4.78, 5) is 2.09. The van der Waals surface area contributed by atoms with Gasteiger partial charge in [-0.05, 0) is 37.1 Å². The number of rotatable bonds is 10. The predicted molar refractivity (Wildman–Crippen MR) is 144 cm³/mol. The summed E-state index contributed by atoms with van der Waals surface area (Å²) < 4.78 is 41.3. The summed E-state index contributed by atoms with van der Waals surface area (Å²) in [5.41, 5.74) is 3.51. The first kappa shape index (κ1) is 26.3. The molecule has 36 heavy (non-hydrogen) atoms. The van der Waals surface area contributed by atoms with E-state index in [4.69, 9.17) is 21.7 Å². The van der Waals surface area contributed by atoms with Crippen molar-refractivity contribution in [3.63, 3.8) is 0 Å². The van der Waals surface area contributed by atoms with Crippen LogP contribution in [0.15, 0.2) is 60.8 Å². The smallest absolute Gasteiger partial charge is 0.218 e. The Kier molecular flexibility index (Phi) is 8.73. The summed E-state index contributed by atoms with van der Waals surface area (Å²) in [5.74, 6) is 0.557. The van der Waals surface area contributed by atoms with Gasteiger partial charge in [-0.2, -0.15) is 9.40 Å². The molecule has 0 aliphatic carbocycles. The van der Waals surface area contributed by atoms with E-state index in [0.717, 1.165) is 22.5 Å². The Morgan fingerprint density at radius 3 is 2.44 bits per heavy atom. The molecular weight excluding hydrogens is 496 g/mol. The number of nitrogens with zero attached hydrogens (tertiary/aromatic N) is 4. The first-order valence-corrected chi connectivity index (χ1v) is 14.1. The van der Waals surface area contributed by atoms with Crippen molar-refractivity contribution in [2.75, 3.05) is 50.9 Å². The molecule has 0 amide bonds. The summed E-state index contributed by atoms with van der Waals surface area (Å²) in [5, 5.41) is 4.62. The number of aryl methyl sites for hydroxylation is 1. The Hall–Kier alpha value is -2.79. The van der Waals surface area contributed by atoms with Gasteiger partial charge >= 0.3 is 0 Å². The van der Waals surface area contributed by atoms with Gasteiger partial charge in [0.1, 0.15) is 12.3 Å². The van der Waals surface area contributed by atoms with Gasteiger partial charge in [0.25, 0.3) is 0 Å². The van der Waals surface area contributed by atoms with Gasteiger partial charge in [0.2, 0.25) is 10.0 Å². The Bertz CT molecular complexity index is 1320. The van der Waals surface area contributed by atoms with E-state index in [9.17, 15) is 8.42 Å². The van der Waals surface area contributed by atoms with Gasteiger partial charge in [-0.15, -0.1) is 0 Å². The van der Waals surface area contributed by atoms with E-state index in [1.54, 1.807) is 15.2 Å². The molecule has 1 saturated heterocycles. The van der Waals surface area contributed by atoms with Crippen LogP contribution in [0.25, 0.3) is 5.69 Å². The fraction of sp³-hybridized carbons (Fsp3) is 0.385. The number of hydrogen-bond donors (Lipinski definition) is 0. The van der Waals surface area contributed by atoms with Crippen molar-refractivity contribution >= 4 is 27.9 Å². The van der Waals surface area contributed by atoms with Crippen molar-refractivity contribution in [3.05, 3.63) is 76.6 Å². The number of ether oxygens (including phenoxy) is 2. The van der Waals surface area contributed by atoms with Gasteiger partial charge in [0.05, 0.1) is 24.2 Å². The SMILES string of the molecule is CCOCCOc1c(N2CCN(S(=O)(=O)Cc3ccccc3)CC2)cnn(-c2cccc(C)c2)c1=S. The average Bonchev–Trinajstić information content (AvgIpc) is 2.88. The van der Waals surface area contributed by atoms with Crippen LogP contribution in [0.1, 0.15) is 18.1 Å². The minimum Gasteiger partial charge on any atom is -0.486 e. The molecule has 1 aromatic heterocycles. The maximum Gasteiger partial charge on any atom is 0.218 e. The number of sulfonamides is 1. The molecule has 3 aromatic rings. The first-order valence-electron chi connectivity index (χ1n) is 12.1. The second-order valence-corrected chi connectivity index (χ2v) is 10.9. The molecule has 192 valence electrons. The number of hydrogen-bond acceptors (Lipinski definition) is 7. The van der Waals surface area contributed by atoms with Crippen molar-refractivity contribution in [2.45, 2.75) is 19.6 Å². The summed E-state index contributed by atoms with van der Waals surface area (Å²) in [7, 11) is -3.41. The molecule has 10 heteroatoms. The molecule has 0 atom stereocenters. The van der Waals surface area contributed by atoms with E-state index in [-0.39, 0.29) is 5.75 Å². The molecule has 1 aliphatic heterocycles. The zero-order chi connectivity index (χ0) is 25.5. The summed E-state index contributed by atoms with van der Waals surface area (Å²) >= 11 is 5.81. The fourth-order valence-electron chi connectivity index (χ4n) is 4.16. The van der Waals surface area contributed by atoms with Crippen LogP contribution in [-0.4, -0.2) is 68.5 Å². The van der Waals surface area contributed by atoms with Gasteiger partial charge in [0, 0.05) is 32.8 Å². The topological polar surface area (TPSA) is 76.9 Å². The third-order valence-electron chi connectivity index (χ3n) is 6.00. The van der Waals surface area contributed by atoms with Crippen LogP contribution in [0, 0.1) is 11.6 Å². The lowest BCUT2D eigenvalue weighted by Gasteiger charge is -2.36. The fourth-order valence-corrected chi connectivity index (χ4v) is 6.00. The highest BCUT2D eigenvalue weighted by Gasteiger charge is 2.29. The van der Waals surface area contributed by atoms with Crippen LogP contribution in [0.3, 0.4) is 0 Å². The predicted octanol–water partition coefficient (Wildman–Crippen LogP) is 3.98. The zero-order valence-corrected chi connectivity index (χ0v) is 22.3. The monoisotopic (exact) mass is 528 g/mol. The summed E-state index contributed by atoms with van der Waals surface area (Å²) in [6.45, 7) is 7.16. The minimum atomic E-state index is -3.41. The summed E-state index contributed by atoms with van der Waals surface area (Å²) in [6, 6.07) is 17.2. The maximum atomic E-state index is 13.0. The second-order valence-electron chi connectivity index (χ2n) is 8.59. The van der Waals surface area contributed by atoms with Gasteiger partial charge in [0.15, 0.2) is 10.4 Å². The standard InChI is InChI=1S/C26H32N4O4S2/c1-3-33-16-17-34-25-24(19-27-30(26(25)35)23-11-7-8-21(2)18-23)28-12-14-29(15-13-28)36(31,32)20-22-9-5-4-6-10-22/h4-11,18-19H,3,12-17,20H2,1-2H3. The third-order valence-corrected chi connectivity index (χ3v) is 8.21. The molecule has 0 saturated carbocycles. The molecular formula is C26H32N4O4S2. The molecule has 0 unspecified atom stereocenters. The van der Waals surface area contributed by atoms with E-state index in [0.29, 0.717) is 56.4 Å². The van der Waals surface area contributed by atoms with Crippen LogP contribution in [-0.2, 0) is 20.5 Å². The maximum absolute atomic E-state index is 13.0. The van der Waals surface area contributed by atoms with Crippen molar-refractivity contribution < 1.29 is 17.9 Å². The van der Waals surface area contributed by atoms with E-state index in [1.165, 1.54) is 0 Å². The lowest BCUT2D eigenvalue weighted by molar-refractivity contribution is 0.110. The van der Waals surface area contributed by atoms with E-state index < -0.39 is 10.0 Å². The molecule has 1 aliphatic rings. The van der Waals surface area contributed by atoms with Crippen molar-refractivity contribution in [1.29, 1.82) is 0 Å². The van der Waals surface area contributed by atoms with Gasteiger partial charge in [-0.1, -0.05) is 54.7 Å². The van der Waals surface area contributed by atoms with Crippen LogP contribution in [0.5, 0.6) is 5.75 Å². The largest absolute Gasteiger partial charge is 0.486 e. The molecule has 2 aromatic carbocycles.